The molecule has 0 fully saturated rings. The van der Waals surface area contributed by atoms with Crippen LogP contribution in [0.1, 0.15) is 5.56 Å². The van der Waals surface area contributed by atoms with Gasteiger partial charge in [-0.2, -0.15) is 0 Å². The molecular weight excluding hydrogens is 283 g/mol. The first-order chi connectivity index (χ1) is 9.54. The number of hydrogen-bond acceptors (Lipinski definition) is 2. The lowest BCUT2D eigenvalue weighted by atomic mass is 10.1. The Morgan fingerprint density at radius 3 is 2.30 bits per heavy atom. The van der Waals surface area contributed by atoms with E-state index in [1.807, 2.05) is 0 Å². The fraction of sp³-hybridized carbons (Fsp3) is 0.133. The van der Waals surface area contributed by atoms with E-state index in [2.05, 4.69) is 0 Å². The van der Waals surface area contributed by atoms with Gasteiger partial charge in [0, 0.05) is 11.4 Å². The molecule has 0 spiro atoms. The molecule has 0 aromatic heterocycles. The highest BCUT2D eigenvalue weighted by Gasteiger charge is 2.20. The molecule has 1 atom stereocenters. The zero-order chi connectivity index (χ0) is 14.5. The van der Waals surface area contributed by atoms with Gasteiger partial charge in [-0.05, 0) is 42.0 Å². The van der Waals surface area contributed by atoms with Gasteiger partial charge in [0.05, 0.1) is 0 Å². The maximum atomic E-state index is 12.8. The Labute approximate surface area is 120 Å². The van der Waals surface area contributed by atoms with Gasteiger partial charge in [-0.3, -0.25) is 0 Å². The molecular formula is C15H12ClFO3. The van der Waals surface area contributed by atoms with Crippen LogP contribution in [0.15, 0.2) is 48.5 Å². The second kappa shape index (κ2) is 6.39. The number of carboxylic acid groups (broad SMARTS) is 1. The van der Waals surface area contributed by atoms with Crippen LogP contribution in [-0.2, 0) is 11.2 Å². The third-order valence-corrected chi connectivity index (χ3v) is 2.95. The minimum absolute atomic E-state index is 0.151. The van der Waals surface area contributed by atoms with Crippen LogP contribution < -0.4 is 4.74 Å². The summed E-state index contributed by atoms with van der Waals surface area (Å²) in [7, 11) is 0. The summed E-state index contributed by atoms with van der Waals surface area (Å²) in [5.74, 6) is -1.02. The molecule has 0 aliphatic carbocycles. The highest BCUT2D eigenvalue weighted by atomic mass is 35.5. The largest absolute Gasteiger partial charge is 0.478 e. The lowest BCUT2D eigenvalue weighted by Gasteiger charge is -2.15. The summed E-state index contributed by atoms with van der Waals surface area (Å²) < 4.78 is 18.2. The van der Waals surface area contributed by atoms with Crippen LogP contribution >= 0.6 is 11.6 Å². The second-order valence-electron chi connectivity index (χ2n) is 4.23. The molecule has 0 unspecified atom stereocenters. The molecule has 1 N–H and O–H groups in total. The molecule has 0 saturated carbocycles. The fourth-order valence-corrected chi connectivity index (χ4v) is 1.82. The van der Waals surface area contributed by atoms with Crippen molar-refractivity contribution in [3.63, 3.8) is 0 Å². The summed E-state index contributed by atoms with van der Waals surface area (Å²) in [6.45, 7) is 0. The van der Waals surface area contributed by atoms with Gasteiger partial charge in [-0.1, -0.05) is 23.7 Å². The van der Waals surface area contributed by atoms with Crippen LogP contribution in [0.4, 0.5) is 4.39 Å². The summed E-state index contributed by atoms with van der Waals surface area (Å²) >= 11 is 5.75. The van der Waals surface area contributed by atoms with E-state index in [0.29, 0.717) is 16.3 Å². The van der Waals surface area contributed by atoms with E-state index in [9.17, 15) is 14.3 Å². The Morgan fingerprint density at radius 1 is 1.15 bits per heavy atom. The van der Waals surface area contributed by atoms with Crippen LogP contribution in [0, 0.1) is 5.82 Å². The van der Waals surface area contributed by atoms with Gasteiger partial charge in [-0.15, -0.1) is 0 Å². The Bertz CT molecular complexity index is 534. The standard InChI is InChI=1S/C15H12ClFO3/c16-11-3-7-13(8-4-11)20-14(15(18)19)9-10-1-5-12(17)6-2-10/h1-8,14H,9H2,(H,18,19)/t14-/m1/s1. The van der Waals surface area contributed by atoms with Crippen molar-refractivity contribution in [2.75, 3.05) is 0 Å². The highest BCUT2D eigenvalue weighted by molar-refractivity contribution is 6.30. The Hall–Kier alpha value is -2.07. The quantitative estimate of drug-likeness (QED) is 0.917. The normalized spacial score (nSPS) is 11.9. The van der Waals surface area contributed by atoms with Crippen molar-refractivity contribution >= 4 is 17.6 Å². The highest BCUT2D eigenvalue weighted by Crippen LogP contribution is 2.18. The summed E-state index contributed by atoms with van der Waals surface area (Å²) in [6, 6.07) is 12.1. The van der Waals surface area contributed by atoms with Crippen LogP contribution in [0.5, 0.6) is 5.75 Å². The van der Waals surface area contributed by atoms with E-state index in [1.54, 1.807) is 24.3 Å². The maximum absolute atomic E-state index is 12.8. The van der Waals surface area contributed by atoms with Crippen LogP contribution in [0.3, 0.4) is 0 Å². The smallest absolute Gasteiger partial charge is 0.345 e. The molecule has 20 heavy (non-hydrogen) atoms. The number of hydrogen-bond donors (Lipinski definition) is 1. The average Bonchev–Trinajstić information content (AvgIpc) is 2.42. The number of rotatable bonds is 5. The van der Waals surface area contributed by atoms with E-state index >= 15 is 0 Å². The van der Waals surface area contributed by atoms with Crippen molar-refractivity contribution in [1.82, 2.24) is 0 Å². The monoisotopic (exact) mass is 294 g/mol. The fourth-order valence-electron chi connectivity index (χ4n) is 1.69. The third-order valence-electron chi connectivity index (χ3n) is 2.70. The predicted molar refractivity (Wildman–Crippen MR) is 73.6 cm³/mol. The summed E-state index contributed by atoms with van der Waals surface area (Å²) in [5.41, 5.74) is 0.688. The first-order valence-corrected chi connectivity index (χ1v) is 6.32. The molecule has 0 heterocycles. The van der Waals surface area contributed by atoms with Crippen molar-refractivity contribution in [3.8, 4) is 5.75 Å². The topological polar surface area (TPSA) is 46.5 Å². The van der Waals surface area contributed by atoms with Crippen LogP contribution in [-0.4, -0.2) is 17.2 Å². The van der Waals surface area contributed by atoms with E-state index in [-0.39, 0.29) is 12.2 Å². The lowest BCUT2D eigenvalue weighted by Crippen LogP contribution is -2.29. The predicted octanol–water partition coefficient (Wildman–Crippen LogP) is 3.55. The van der Waals surface area contributed by atoms with Gasteiger partial charge in [0.25, 0.3) is 0 Å². The van der Waals surface area contributed by atoms with Gasteiger partial charge in [0.15, 0.2) is 6.10 Å². The Balaban J connectivity index is 2.09. The zero-order valence-corrected chi connectivity index (χ0v) is 11.2. The Morgan fingerprint density at radius 2 is 1.75 bits per heavy atom. The van der Waals surface area contributed by atoms with E-state index < -0.39 is 12.1 Å². The molecule has 3 nitrogen and oxygen atoms in total. The zero-order valence-electron chi connectivity index (χ0n) is 10.4. The summed E-state index contributed by atoms with van der Waals surface area (Å²) in [5, 5.41) is 9.72. The van der Waals surface area contributed by atoms with Crippen molar-refractivity contribution < 1.29 is 19.0 Å². The van der Waals surface area contributed by atoms with Gasteiger partial charge in [-0.25, -0.2) is 9.18 Å². The molecule has 0 amide bonds. The average molecular weight is 295 g/mol. The first-order valence-electron chi connectivity index (χ1n) is 5.94. The molecule has 104 valence electrons. The van der Waals surface area contributed by atoms with Crippen molar-refractivity contribution in [2.45, 2.75) is 12.5 Å². The number of ether oxygens (including phenoxy) is 1. The van der Waals surface area contributed by atoms with Crippen molar-refractivity contribution in [2.24, 2.45) is 0 Å². The van der Waals surface area contributed by atoms with Crippen molar-refractivity contribution in [1.29, 1.82) is 0 Å². The van der Waals surface area contributed by atoms with Gasteiger partial charge < -0.3 is 9.84 Å². The van der Waals surface area contributed by atoms with E-state index in [4.69, 9.17) is 16.3 Å². The number of benzene rings is 2. The molecule has 0 radical (unpaired) electrons. The maximum Gasteiger partial charge on any atom is 0.345 e. The molecule has 5 heteroatoms. The Kier molecular flexibility index (Phi) is 4.58. The van der Waals surface area contributed by atoms with Crippen molar-refractivity contribution in [3.05, 3.63) is 64.9 Å². The van der Waals surface area contributed by atoms with Crippen LogP contribution in [0.25, 0.3) is 0 Å². The lowest BCUT2D eigenvalue weighted by molar-refractivity contribution is -0.145. The molecule has 0 aliphatic rings. The number of carboxylic acids is 1. The van der Waals surface area contributed by atoms with E-state index in [1.165, 1.54) is 24.3 Å². The summed E-state index contributed by atoms with van der Waals surface area (Å²) in [4.78, 5) is 11.2. The van der Waals surface area contributed by atoms with Gasteiger partial charge in [0.1, 0.15) is 11.6 Å². The molecule has 0 saturated heterocycles. The number of carbonyl (C=O) groups is 1. The van der Waals surface area contributed by atoms with Gasteiger partial charge in [0.2, 0.25) is 0 Å². The van der Waals surface area contributed by atoms with Crippen LogP contribution in [0.2, 0.25) is 5.02 Å². The third kappa shape index (κ3) is 3.96. The molecule has 2 rings (SSSR count). The molecule has 0 bridgehead atoms. The number of aliphatic carboxylic acids is 1. The minimum atomic E-state index is -1.08. The van der Waals surface area contributed by atoms with E-state index in [0.717, 1.165) is 0 Å². The molecule has 0 aliphatic heterocycles. The summed E-state index contributed by atoms with van der Waals surface area (Å²) in [6.07, 6.45) is -0.889. The number of halogens is 2. The first kappa shape index (κ1) is 14.3. The SMILES string of the molecule is O=C(O)[C@@H](Cc1ccc(F)cc1)Oc1ccc(Cl)cc1. The second-order valence-corrected chi connectivity index (χ2v) is 4.67. The minimum Gasteiger partial charge on any atom is -0.478 e. The molecule has 2 aromatic carbocycles. The van der Waals surface area contributed by atoms with Gasteiger partial charge >= 0.3 is 5.97 Å². The molecule has 2 aromatic rings.